The van der Waals surface area contributed by atoms with Gasteiger partial charge in [0.2, 0.25) is 11.8 Å². The second-order valence-corrected chi connectivity index (χ2v) is 6.58. The van der Waals surface area contributed by atoms with Gasteiger partial charge in [0.05, 0.1) is 17.4 Å². The molecule has 2 aromatic rings. The Bertz CT molecular complexity index is 911. The van der Waals surface area contributed by atoms with Crippen LogP contribution < -0.4 is 15.0 Å². The van der Waals surface area contributed by atoms with Crippen LogP contribution in [0.2, 0.25) is 0 Å². The molecule has 0 unspecified atom stereocenters. The molecule has 146 valence electrons. The van der Waals surface area contributed by atoms with Gasteiger partial charge in [0.1, 0.15) is 5.75 Å². The zero-order valence-corrected chi connectivity index (χ0v) is 15.7. The number of rotatable bonds is 6. The molecule has 0 radical (unpaired) electrons. The van der Waals surface area contributed by atoms with Crippen molar-refractivity contribution in [2.24, 2.45) is 5.92 Å². The molecule has 8 heteroatoms. The topological polar surface area (TPSA) is 102 Å². The van der Waals surface area contributed by atoms with Crippen LogP contribution in [0.3, 0.4) is 0 Å². The summed E-state index contributed by atoms with van der Waals surface area (Å²) in [6.45, 7) is 4.34. The summed E-state index contributed by atoms with van der Waals surface area (Å²) in [5.74, 6) is -0.285. The van der Waals surface area contributed by atoms with E-state index in [0.717, 1.165) is 0 Å². The van der Waals surface area contributed by atoms with Crippen molar-refractivity contribution in [1.29, 1.82) is 0 Å². The number of ether oxygens (including phenoxy) is 1. The van der Waals surface area contributed by atoms with Crippen LogP contribution in [0.4, 0.5) is 17.1 Å². The number of nitrogens with zero attached hydrogens (tertiary/aromatic N) is 2. The van der Waals surface area contributed by atoms with Crippen molar-refractivity contribution in [3.05, 3.63) is 58.1 Å². The van der Waals surface area contributed by atoms with Gasteiger partial charge in [-0.2, -0.15) is 0 Å². The number of carbonyl (C=O) groups is 2. The maximum absolute atomic E-state index is 12.6. The first kappa shape index (κ1) is 19.3. The maximum Gasteiger partial charge on any atom is 0.274 e. The molecule has 0 bridgehead atoms. The summed E-state index contributed by atoms with van der Waals surface area (Å²) in [4.78, 5) is 37.1. The second-order valence-electron chi connectivity index (χ2n) is 6.58. The smallest absolute Gasteiger partial charge is 0.274 e. The number of benzene rings is 2. The lowest BCUT2D eigenvalue weighted by molar-refractivity contribution is -0.385. The lowest BCUT2D eigenvalue weighted by Gasteiger charge is -2.17. The van der Waals surface area contributed by atoms with E-state index in [-0.39, 0.29) is 30.5 Å². The number of anilines is 2. The molecule has 0 aliphatic carbocycles. The molecule has 0 saturated carbocycles. The van der Waals surface area contributed by atoms with E-state index >= 15 is 0 Å². The van der Waals surface area contributed by atoms with Gasteiger partial charge in [0.15, 0.2) is 0 Å². The molecule has 2 aromatic carbocycles. The van der Waals surface area contributed by atoms with Crippen LogP contribution in [0.5, 0.6) is 5.75 Å². The minimum absolute atomic E-state index is 0.0590. The predicted molar refractivity (Wildman–Crippen MR) is 105 cm³/mol. The Hall–Kier alpha value is -3.42. The summed E-state index contributed by atoms with van der Waals surface area (Å²) in [5, 5.41) is 13.7. The Labute approximate surface area is 162 Å². The van der Waals surface area contributed by atoms with Crippen LogP contribution in [0.1, 0.15) is 18.9 Å². The molecule has 2 amide bonds. The third-order valence-corrected chi connectivity index (χ3v) is 4.63. The number of nitrogens with one attached hydrogen (secondary N) is 1. The van der Waals surface area contributed by atoms with Crippen LogP contribution >= 0.6 is 0 Å². The van der Waals surface area contributed by atoms with E-state index in [1.54, 1.807) is 48.2 Å². The van der Waals surface area contributed by atoms with Gasteiger partial charge in [-0.05, 0) is 44.2 Å². The normalized spacial score (nSPS) is 16.1. The summed E-state index contributed by atoms with van der Waals surface area (Å²) in [5.41, 5.74) is 1.50. The Balaban J connectivity index is 1.68. The maximum atomic E-state index is 12.6. The number of aryl methyl sites for hydroxylation is 1. The SMILES string of the molecule is CCOc1ccc(N2C[C@@H](C(=O)Nc3ccc(C)c([N+](=O)[O-])c3)CC2=O)cc1. The van der Waals surface area contributed by atoms with Crippen molar-refractivity contribution in [2.75, 3.05) is 23.4 Å². The van der Waals surface area contributed by atoms with Gasteiger partial charge < -0.3 is 15.0 Å². The molecule has 0 spiro atoms. The number of amides is 2. The Morgan fingerprint density at radius 2 is 2.00 bits per heavy atom. The number of nitro benzene ring substituents is 1. The van der Waals surface area contributed by atoms with Crippen molar-refractivity contribution in [1.82, 2.24) is 0 Å². The van der Waals surface area contributed by atoms with Gasteiger partial charge in [0, 0.05) is 36.0 Å². The Morgan fingerprint density at radius 3 is 2.64 bits per heavy atom. The second kappa shape index (κ2) is 8.08. The highest BCUT2D eigenvalue weighted by molar-refractivity contribution is 6.03. The molecule has 28 heavy (non-hydrogen) atoms. The fourth-order valence-corrected chi connectivity index (χ4v) is 3.15. The van der Waals surface area contributed by atoms with Crippen molar-refractivity contribution < 1.29 is 19.2 Å². The van der Waals surface area contributed by atoms with Crippen molar-refractivity contribution >= 4 is 28.9 Å². The molecule has 1 aliphatic heterocycles. The minimum atomic E-state index is -0.528. The number of hydrogen-bond acceptors (Lipinski definition) is 5. The summed E-state index contributed by atoms with van der Waals surface area (Å²) < 4.78 is 5.40. The third-order valence-electron chi connectivity index (χ3n) is 4.63. The van der Waals surface area contributed by atoms with Crippen molar-refractivity contribution in [3.63, 3.8) is 0 Å². The zero-order valence-electron chi connectivity index (χ0n) is 15.7. The highest BCUT2D eigenvalue weighted by Gasteiger charge is 2.35. The monoisotopic (exact) mass is 383 g/mol. The van der Waals surface area contributed by atoms with Gasteiger partial charge in [-0.25, -0.2) is 0 Å². The quantitative estimate of drug-likeness (QED) is 0.609. The Kier molecular flexibility index (Phi) is 5.58. The van der Waals surface area contributed by atoms with E-state index in [9.17, 15) is 19.7 Å². The van der Waals surface area contributed by atoms with Crippen LogP contribution in [0, 0.1) is 23.0 Å². The van der Waals surface area contributed by atoms with Crippen molar-refractivity contribution in [2.45, 2.75) is 20.3 Å². The van der Waals surface area contributed by atoms with Gasteiger partial charge in [-0.15, -0.1) is 0 Å². The lowest BCUT2D eigenvalue weighted by Crippen LogP contribution is -2.28. The van der Waals surface area contributed by atoms with Crippen LogP contribution in [0.25, 0.3) is 0 Å². The number of nitro groups is 1. The molecule has 1 N–H and O–H groups in total. The van der Waals surface area contributed by atoms with Crippen LogP contribution in [0.15, 0.2) is 42.5 Å². The fourth-order valence-electron chi connectivity index (χ4n) is 3.15. The molecule has 1 aliphatic rings. The average Bonchev–Trinajstić information content (AvgIpc) is 3.06. The van der Waals surface area contributed by atoms with Crippen LogP contribution in [-0.2, 0) is 9.59 Å². The van der Waals surface area contributed by atoms with E-state index < -0.39 is 10.8 Å². The fraction of sp³-hybridized carbons (Fsp3) is 0.300. The van der Waals surface area contributed by atoms with E-state index in [1.807, 2.05) is 6.92 Å². The first-order chi connectivity index (χ1) is 13.4. The minimum Gasteiger partial charge on any atom is -0.494 e. The molecule has 1 atom stereocenters. The first-order valence-corrected chi connectivity index (χ1v) is 8.98. The van der Waals surface area contributed by atoms with Gasteiger partial charge in [0.25, 0.3) is 5.69 Å². The zero-order chi connectivity index (χ0) is 20.3. The van der Waals surface area contributed by atoms with E-state index in [1.165, 1.54) is 6.07 Å². The van der Waals surface area contributed by atoms with Gasteiger partial charge in [-0.3, -0.25) is 19.7 Å². The van der Waals surface area contributed by atoms with Crippen molar-refractivity contribution in [3.8, 4) is 5.75 Å². The van der Waals surface area contributed by atoms with Gasteiger partial charge in [-0.1, -0.05) is 6.07 Å². The molecule has 1 saturated heterocycles. The predicted octanol–water partition coefficient (Wildman–Crippen LogP) is 3.29. The highest BCUT2D eigenvalue weighted by atomic mass is 16.6. The summed E-state index contributed by atoms with van der Waals surface area (Å²) in [6.07, 6.45) is 0.0903. The standard InChI is InChI=1S/C20H21N3O5/c1-3-28-17-8-6-16(7-9-17)22-12-14(10-19(22)24)20(25)21-15-5-4-13(2)18(11-15)23(26)27/h4-9,11,14H,3,10,12H2,1-2H3,(H,21,25)/t14-/m0/s1. The molecule has 1 fully saturated rings. The van der Waals surface area contributed by atoms with Crippen LogP contribution in [-0.4, -0.2) is 29.9 Å². The third kappa shape index (κ3) is 4.11. The highest BCUT2D eigenvalue weighted by Crippen LogP contribution is 2.28. The number of hydrogen-bond donors (Lipinski definition) is 1. The first-order valence-electron chi connectivity index (χ1n) is 8.98. The molecular weight excluding hydrogens is 362 g/mol. The number of carbonyl (C=O) groups excluding carboxylic acids is 2. The lowest BCUT2D eigenvalue weighted by atomic mass is 10.1. The molecule has 3 rings (SSSR count). The van der Waals surface area contributed by atoms with E-state index in [2.05, 4.69) is 5.32 Å². The van der Waals surface area contributed by atoms with E-state index in [0.29, 0.717) is 29.3 Å². The van der Waals surface area contributed by atoms with E-state index in [4.69, 9.17) is 4.74 Å². The molecule has 8 nitrogen and oxygen atoms in total. The average molecular weight is 383 g/mol. The molecular formula is C20H21N3O5. The molecule has 1 heterocycles. The van der Waals surface area contributed by atoms with Gasteiger partial charge >= 0.3 is 0 Å². The largest absolute Gasteiger partial charge is 0.494 e. The molecule has 0 aromatic heterocycles. The summed E-state index contributed by atoms with van der Waals surface area (Å²) in [7, 11) is 0. The summed E-state index contributed by atoms with van der Waals surface area (Å²) in [6, 6.07) is 11.7. The summed E-state index contributed by atoms with van der Waals surface area (Å²) >= 11 is 0. The Morgan fingerprint density at radius 1 is 1.29 bits per heavy atom.